The number of amides is 1. The molecule has 0 aromatic heterocycles. The van der Waals surface area contributed by atoms with Gasteiger partial charge in [0.05, 0.1) is 16.3 Å². The van der Waals surface area contributed by atoms with Crippen LogP contribution in [0.2, 0.25) is 0 Å². The second kappa shape index (κ2) is 8.24. The van der Waals surface area contributed by atoms with Crippen LogP contribution < -0.4 is 5.32 Å². The van der Waals surface area contributed by atoms with Crippen LogP contribution in [0.3, 0.4) is 0 Å². The van der Waals surface area contributed by atoms with Crippen molar-refractivity contribution in [2.75, 3.05) is 25.5 Å². The minimum Gasteiger partial charge on any atom is -0.395 e. The molecule has 2 aromatic rings. The Balaban J connectivity index is 2.24. The van der Waals surface area contributed by atoms with E-state index >= 15 is 0 Å². The average molecular weight is 364 g/mol. The number of anilines is 1. The maximum Gasteiger partial charge on any atom is 0.255 e. The molecule has 1 atom stereocenters. The van der Waals surface area contributed by atoms with Crippen molar-refractivity contribution in [2.45, 2.75) is 11.6 Å². The van der Waals surface area contributed by atoms with E-state index in [0.29, 0.717) is 21.7 Å². The van der Waals surface area contributed by atoms with Crippen molar-refractivity contribution in [3.05, 3.63) is 59.7 Å². The Bertz CT molecular complexity index is 853. The van der Waals surface area contributed by atoms with E-state index in [-0.39, 0.29) is 13.2 Å². The van der Waals surface area contributed by atoms with Gasteiger partial charge in [-0.15, -0.1) is 0 Å². The Morgan fingerprint density at radius 3 is 2.68 bits per heavy atom. The number of alkyl halides is 1. The van der Waals surface area contributed by atoms with E-state index in [4.69, 9.17) is 5.11 Å². The lowest BCUT2D eigenvalue weighted by atomic mass is 10.2. The Morgan fingerprint density at radius 2 is 2.00 bits per heavy atom. The van der Waals surface area contributed by atoms with Crippen molar-refractivity contribution in [2.24, 2.45) is 0 Å². The van der Waals surface area contributed by atoms with Gasteiger partial charge < -0.3 is 10.4 Å². The minimum atomic E-state index is -2.80. The molecule has 0 fully saturated rings. The third kappa shape index (κ3) is 4.66. The molecule has 0 bridgehead atoms. The van der Waals surface area contributed by atoms with Crippen LogP contribution >= 0.6 is 0 Å². The van der Waals surface area contributed by atoms with Crippen molar-refractivity contribution >= 4 is 27.2 Å². The molecule has 2 N–H and O–H groups in total. The molecule has 134 valence electrons. The molecule has 5 nitrogen and oxygen atoms in total. The molecule has 0 aliphatic heterocycles. The third-order valence-electron chi connectivity index (χ3n) is 3.72. The normalized spacial score (nSPS) is 13.4. The lowest BCUT2D eigenvalue weighted by Crippen LogP contribution is -2.29. The van der Waals surface area contributed by atoms with Crippen LogP contribution in [0.15, 0.2) is 53.4 Å². The van der Waals surface area contributed by atoms with Crippen LogP contribution in [-0.4, -0.2) is 45.6 Å². The van der Waals surface area contributed by atoms with Gasteiger partial charge in [0.25, 0.3) is 5.91 Å². The van der Waals surface area contributed by atoms with Crippen LogP contribution in [0, 0.1) is 0 Å². The molecular weight excluding hydrogens is 343 g/mol. The van der Waals surface area contributed by atoms with Gasteiger partial charge in [0.2, 0.25) is 0 Å². The Labute approximate surface area is 147 Å². The smallest absolute Gasteiger partial charge is 0.255 e. The van der Waals surface area contributed by atoms with Gasteiger partial charge in [0.15, 0.2) is 0 Å². The van der Waals surface area contributed by atoms with Crippen molar-refractivity contribution < 1.29 is 18.5 Å². The summed E-state index contributed by atoms with van der Waals surface area (Å²) >= 11 is 0. The van der Waals surface area contributed by atoms with Crippen molar-refractivity contribution in [3.8, 4) is 0 Å². The van der Waals surface area contributed by atoms with E-state index in [0.717, 1.165) is 0 Å². The molecule has 0 heterocycles. The van der Waals surface area contributed by atoms with Crippen molar-refractivity contribution in [1.29, 1.82) is 0 Å². The van der Waals surface area contributed by atoms with Gasteiger partial charge in [-0.2, -0.15) is 0 Å². The molecule has 0 spiro atoms. The van der Waals surface area contributed by atoms with Gasteiger partial charge in [-0.25, -0.2) is 12.9 Å². The number of hydrogen-bond acceptors (Lipinski definition) is 3. The Morgan fingerprint density at radius 1 is 1.28 bits per heavy atom. The highest BCUT2D eigenvalue weighted by molar-refractivity contribution is 7.98. The molecular formula is C18H21FN2O3S. The van der Waals surface area contributed by atoms with Crippen LogP contribution in [-0.2, 0) is 16.4 Å². The number of carbonyl (C=O) groups excluding carboxylic acids is 1. The maximum atomic E-state index is 12.8. The first-order chi connectivity index (χ1) is 11.9. The summed E-state index contributed by atoms with van der Waals surface area (Å²) in [6.07, 6.45) is 0. The maximum absolute atomic E-state index is 12.8. The summed E-state index contributed by atoms with van der Waals surface area (Å²) < 4.78 is 27.0. The zero-order chi connectivity index (χ0) is 18.4. The molecule has 1 unspecified atom stereocenters. The SMILES string of the molecule is C=S(=O)(c1cccc(C(=O)Nc2cccc(CF)c2)c1)N(C)CCO. The van der Waals surface area contributed by atoms with E-state index in [2.05, 4.69) is 11.2 Å². The number of likely N-dealkylation sites (N-methyl/N-ethyl adjacent to an activating group) is 1. The first kappa shape index (κ1) is 19.1. The predicted molar refractivity (Wildman–Crippen MR) is 98.9 cm³/mol. The summed E-state index contributed by atoms with van der Waals surface area (Å²) in [6, 6.07) is 12.9. The number of aliphatic hydroxyl groups is 1. The second-order valence-electron chi connectivity index (χ2n) is 5.53. The van der Waals surface area contributed by atoms with Crippen LogP contribution in [0.5, 0.6) is 0 Å². The fraction of sp³-hybridized carbons (Fsp3) is 0.222. The highest BCUT2D eigenvalue weighted by Crippen LogP contribution is 2.18. The van der Waals surface area contributed by atoms with Gasteiger partial charge in [-0.05, 0) is 48.8 Å². The lowest BCUT2D eigenvalue weighted by molar-refractivity contribution is 0.102. The van der Waals surface area contributed by atoms with Gasteiger partial charge in [0, 0.05) is 22.7 Å². The lowest BCUT2D eigenvalue weighted by Gasteiger charge is -2.21. The first-order valence-electron chi connectivity index (χ1n) is 7.64. The first-order valence-corrected chi connectivity index (χ1v) is 9.32. The zero-order valence-electron chi connectivity index (χ0n) is 13.9. The summed E-state index contributed by atoms with van der Waals surface area (Å²) in [5.41, 5.74) is 1.27. The molecule has 0 aliphatic carbocycles. The summed E-state index contributed by atoms with van der Waals surface area (Å²) in [7, 11) is -1.20. The monoisotopic (exact) mass is 364 g/mol. The van der Waals surface area contributed by atoms with E-state index in [1.807, 2.05) is 0 Å². The summed E-state index contributed by atoms with van der Waals surface area (Å²) in [5, 5.41) is 11.7. The number of hydrogen-bond donors (Lipinski definition) is 2. The molecule has 25 heavy (non-hydrogen) atoms. The van der Waals surface area contributed by atoms with Crippen molar-refractivity contribution in [3.63, 3.8) is 0 Å². The molecule has 1 amide bonds. The molecule has 2 aromatic carbocycles. The highest BCUT2D eigenvalue weighted by atomic mass is 32.2. The number of halogens is 1. The number of rotatable bonds is 7. The quantitative estimate of drug-likeness (QED) is 0.741. The van der Waals surface area contributed by atoms with E-state index < -0.39 is 22.3 Å². The Hall–Kier alpha value is -2.22. The third-order valence-corrected chi connectivity index (χ3v) is 5.90. The van der Waals surface area contributed by atoms with Crippen LogP contribution in [0.1, 0.15) is 15.9 Å². The largest absolute Gasteiger partial charge is 0.395 e. The highest BCUT2D eigenvalue weighted by Gasteiger charge is 2.16. The minimum absolute atomic E-state index is 0.145. The number of aliphatic hydroxyl groups excluding tert-OH is 1. The summed E-state index contributed by atoms with van der Waals surface area (Å²) in [4.78, 5) is 12.8. The molecule has 2 rings (SSSR count). The fourth-order valence-electron chi connectivity index (χ4n) is 2.24. The van der Waals surface area contributed by atoms with E-state index in [1.165, 1.54) is 10.4 Å². The van der Waals surface area contributed by atoms with Crippen molar-refractivity contribution in [1.82, 2.24) is 4.31 Å². The summed E-state index contributed by atoms with van der Waals surface area (Å²) in [6.45, 7) is -0.553. The molecule has 0 saturated heterocycles. The second-order valence-corrected chi connectivity index (χ2v) is 7.91. The van der Waals surface area contributed by atoms with E-state index in [1.54, 1.807) is 49.5 Å². The molecule has 0 aliphatic rings. The number of nitrogens with zero attached hydrogens (tertiary/aromatic N) is 1. The molecule has 0 saturated carbocycles. The van der Waals surface area contributed by atoms with Gasteiger partial charge in [0.1, 0.15) is 6.67 Å². The van der Waals surface area contributed by atoms with Crippen LogP contribution in [0.25, 0.3) is 0 Å². The fourth-order valence-corrected chi connectivity index (χ4v) is 3.58. The number of carbonyl (C=O) groups is 1. The van der Waals surface area contributed by atoms with Gasteiger partial charge in [-0.1, -0.05) is 18.2 Å². The van der Waals surface area contributed by atoms with Gasteiger partial charge in [-0.3, -0.25) is 4.79 Å². The van der Waals surface area contributed by atoms with Gasteiger partial charge >= 0.3 is 0 Å². The topological polar surface area (TPSA) is 69.6 Å². The number of nitrogens with one attached hydrogen (secondary N) is 1. The molecule has 0 radical (unpaired) electrons. The average Bonchev–Trinajstić information content (AvgIpc) is 2.62. The summed E-state index contributed by atoms with van der Waals surface area (Å²) in [5.74, 6) is 3.34. The predicted octanol–water partition coefficient (Wildman–Crippen LogP) is 2.32. The number of benzene rings is 2. The van der Waals surface area contributed by atoms with E-state index in [9.17, 15) is 13.4 Å². The zero-order valence-corrected chi connectivity index (χ0v) is 14.8. The Kier molecular flexibility index (Phi) is 6.30. The molecule has 7 heteroatoms. The van der Waals surface area contributed by atoms with Crippen LogP contribution in [0.4, 0.5) is 10.1 Å². The standard InChI is InChI=1S/C18H21FN2O3S/c1-21(9-10-22)25(2,24)17-8-4-6-15(12-17)18(23)20-16-7-3-5-14(11-16)13-19/h3-8,11-12,22H,2,9-10,13H2,1H3,(H,20,23).